The van der Waals surface area contributed by atoms with Crippen LogP contribution in [-0.2, 0) is 16.0 Å². The summed E-state index contributed by atoms with van der Waals surface area (Å²) < 4.78 is 0. The third-order valence-electron chi connectivity index (χ3n) is 1.90. The van der Waals surface area contributed by atoms with Crippen LogP contribution < -0.4 is 0 Å². The van der Waals surface area contributed by atoms with Crippen LogP contribution in [0.3, 0.4) is 0 Å². The molecule has 0 aromatic heterocycles. The molecule has 0 unspecified atom stereocenters. The maximum Gasteiger partial charge on any atom is 0.310 e. The third-order valence-corrected chi connectivity index (χ3v) is 1.90. The fourth-order valence-electron chi connectivity index (χ4n) is 1.19. The number of carbonyl (C=O) groups is 2. The molecule has 1 N–H and O–H groups in total. The van der Waals surface area contributed by atoms with Crippen molar-refractivity contribution in [3.8, 4) is 0 Å². The number of ketones is 1. The van der Waals surface area contributed by atoms with E-state index in [1.165, 1.54) is 24.3 Å². The lowest BCUT2D eigenvalue weighted by molar-refractivity contribution is -0.384. The van der Waals surface area contributed by atoms with E-state index in [-0.39, 0.29) is 12.1 Å². The first kappa shape index (κ1) is 11.8. The number of carboxylic acid groups (broad SMARTS) is 1. The molecule has 0 fully saturated rings. The number of aliphatic carboxylic acids is 1. The molecular formula is C10H9NO5. The molecule has 84 valence electrons. The van der Waals surface area contributed by atoms with Gasteiger partial charge in [-0.3, -0.25) is 19.7 Å². The van der Waals surface area contributed by atoms with E-state index in [0.717, 1.165) is 0 Å². The quantitative estimate of drug-likeness (QED) is 0.459. The summed E-state index contributed by atoms with van der Waals surface area (Å²) in [5.41, 5.74) is 0.506. The van der Waals surface area contributed by atoms with Gasteiger partial charge in [0.05, 0.1) is 4.92 Å². The molecule has 1 aromatic rings. The summed E-state index contributed by atoms with van der Waals surface area (Å²) in [5, 5.41) is 18.7. The number of nitro benzene ring substituents is 1. The minimum atomic E-state index is -1.17. The fraction of sp³-hybridized carbons (Fsp3) is 0.200. The van der Waals surface area contributed by atoms with Gasteiger partial charge in [-0.15, -0.1) is 0 Å². The molecule has 0 saturated heterocycles. The van der Waals surface area contributed by atoms with Crippen molar-refractivity contribution in [3.63, 3.8) is 0 Å². The number of benzene rings is 1. The molecule has 0 heterocycles. The topological polar surface area (TPSA) is 97.5 Å². The van der Waals surface area contributed by atoms with Gasteiger partial charge in [-0.1, -0.05) is 12.1 Å². The lowest BCUT2D eigenvalue weighted by Gasteiger charge is -1.98. The first-order chi connectivity index (χ1) is 7.49. The zero-order valence-electron chi connectivity index (χ0n) is 8.25. The Bertz CT molecular complexity index is 423. The molecule has 1 aromatic carbocycles. The Hall–Kier alpha value is -2.24. The molecule has 6 nitrogen and oxygen atoms in total. The van der Waals surface area contributed by atoms with Crippen LogP contribution in [0.15, 0.2) is 24.3 Å². The minimum absolute atomic E-state index is 0.0235. The molecule has 0 aliphatic rings. The maximum atomic E-state index is 11.1. The van der Waals surface area contributed by atoms with E-state index < -0.39 is 23.1 Å². The number of rotatable bonds is 5. The van der Waals surface area contributed by atoms with Gasteiger partial charge in [0, 0.05) is 18.6 Å². The van der Waals surface area contributed by atoms with Gasteiger partial charge in [-0.25, -0.2) is 0 Å². The van der Waals surface area contributed by atoms with Crippen LogP contribution in [0.25, 0.3) is 0 Å². The first-order valence-corrected chi connectivity index (χ1v) is 4.46. The number of non-ortho nitro benzene ring substituents is 1. The standard InChI is InChI=1S/C10H9NO5/c12-9(6-10(13)14)5-7-1-3-8(4-2-7)11(15)16/h1-4H,5-6H2,(H,13,14). The highest BCUT2D eigenvalue weighted by Gasteiger charge is 2.10. The molecule has 0 spiro atoms. The van der Waals surface area contributed by atoms with E-state index in [1.807, 2.05) is 0 Å². The van der Waals surface area contributed by atoms with Crippen LogP contribution in [-0.4, -0.2) is 21.8 Å². The van der Waals surface area contributed by atoms with Crippen LogP contribution in [0.5, 0.6) is 0 Å². The van der Waals surface area contributed by atoms with Gasteiger partial charge in [0.15, 0.2) is 0 Å². The van der Waals surface area contributed by atoms with Crippen LogP contribution in [0.2, 0.25) is 0 Å². The number of carboxylic acids is 1. The number of nitro groups is 1. The van der Waals surface area contributed by atoms with Crippen molar-refractivity contribution in [1.82, 2.24) is 0 Å². The number of hydrogen-bond acceptors (Lipinski definition) is 4. The lowest BCUT2D eigenvalue weighted by Crippen LogP contribution is -2.09. The van der Waals surface area contributed by atoms with Crippen molar-refractivity contribution >= 4 is 17.4 Å². The molecule has 0 amide bonds. The Morgan fingerprint density at radius 1 is 1.25 bits per heavy atom. The van der Waals surface area contributed by atoms with E-state index in [9.17, 15) is 19.7 Å². The Kier molecular flexibility index (Phi) is 3.71. The normalized spacial score (nSPS) is 9.75. The minimum Gasteiger partial charge on any atom is -0.481 e. The highest BCUT2D eigenvalue weighted by Crippen LogP contribution is 2.12. The van der Waals surface area contributed by atoms with E-state index in [2.05, 4.69) is 0 Å². The Labute approximate surface area is 90.7 Å². The SMILES string of the molecule is O=C(O)CC(=O)Cc1ccc([N+](=O)[O-])cc1. The summed E-state index contributed by atoms with van der Waals surface area (Å²) in [6.45, 7) is 0. The van der Waals surface area contributed by atoms with Crippen molar-refractivity contribution in [2.24, 2.45) is 0 Å². The lowest BCUT2D eigenvalue weighted by atomic mass is 10.1. The molecule has 0 aliphatic heterocycles. The van der Waals surface area contributed by atoms with Gasteiger partial charge >= 0.3 is 5.97 Å². The van der Waals surface area contributed by atoms with Crippen LogP contribution >= 0.6 is 0 Å². The smallest absolute Gasteiger partial charge is 0.310 e. The zero-order chi connectivity index (χ0) is 12.1. The van der Waals surface area contributed by atoms with Gasteiger partial charge in [0.2, 0.25) is 0 Å². The molecule has 6 heteroatoms. The summed E-state index contributed by atoms with van der Waals surface area (Å²) >= 11 is 0. The van der Waals surface area contributed by atoms with Crippen LogP contribution in [0.1, 0.15) is 12.0 Å². The highest BCUT2D eigenvalue weighted by molar-refractivity contribution is 5.95. The molecule has 0 aliphatic carbocycles. The number of hydrogen-bond donors (Lipinski definition) is 1. The average molecular weight is 223 g/mol. The molecule has 16 heavy (non-hydrogen) atoms. The molecular weight excluding hydrogens is 214 g/mol. The van der Waals surface area contributed by atoms with E-state index in [4.69, 9.17) is 5.11 Å². The molecule has 0 radical (unpaired) electrons. The Morgan fingerprint density at radius 2 is 1.81 bits per heavy atom. The average Bonchev–Trinajstić information content (AvgIpc) is 2.16. The predicted octanol–water partition coefficient (Wildman–Crippen LogP) is 1.18. The Balaban J connectivity index is 2.65. The molecule has 0 saturated carbocycles. The largest absolute Gasteiger partial charge is 0.481 e. The highest BCUT2D eigenvalue weighted by atomic mass is 16.6. The van der Waals surface area contributed by atoms with Gasteiger partial charge < -0.3 is 5.11 Å². The number of Topliss-reactive ketones (excluding diaryl/α,β-unsaturated/α-hetero) is 1. The number of carbonyl (C=O) groups excluding carboxylic acids is 1. The molecule has 1 rings (SSSR count). The number of nitrogens with zero attached hydrogens (tertiary/aromatic N) is 1. The third kappa shape index (κ3) is 3.49. The zero-order valence-corrected chi connectivity index (χ0v) is 8.25. The van der Waals surface area contributed by atoms with Crippen molar-refractivity contribution in [2.45, 2.75) is 12.8 Å². The summed E-state index contributed by atoms with van der Waals surface area (Å²) in [5.74, 6) is -1.60. The fourth-order valence-corrected chi connectivity index (χ4v) is 1.19. The summed E-state index contributed by atoms with van der Waals surface area (Å²) in [6.07, 6.45) is -0.554. The first-order valence-electron chi connectivity index (χ1n) is 4.46. The summed E-state index contributed by atoms with van der Waals surface area (Å²) in [6, 6.07) is 5.45. The maximum absolute atomic E-state index is 11.1. The van der Waals surface area contributed by atoms with Gasteiger partial charge in [0.25, 0.3) is 5.69 Å². The van der Waals surface area contributed by atoms with E-state index in [1.54, 1.807) is 0 Å². The van der Waals surface area contributed by atoms with Crippen molar-refractivity contribution in [3.05, 3.63) is 39.9 Å². The van der Waals surface area contributed by atoms with Crippen LogP contribution in [0.4, 0.5) is 5.69 Å². The Morgan fingerprint density at radius 3 is 2.25 bits per heavy atom. The van der Waals surface area contributed by atoms with Crippen molar-refractivity contribution < 1.29 is 19.6 Å². The van der Waals surface area contributed by atoms with Crippen molar-refractivity contribution in [1.29, 1.82) is 0 Å². The second kappa shape index (κ2) is 5.01. The monoisotopic (exact) mass is 223 g/mol. The van der Waals surface area contributed by atoms with Gasteiger partial charge in [-0.2, -0.15) is 0 Å². The molecule has 0 bridgehead atoms. The second-order valence-electron chi connectivity index (χ2n) is 3.21. The predicted molar refractivity (Wildman–Crippen MR) is 54.1 cm³/mol. The summed E-state index contributed by atoms with van der Waals surface area (Å²) in [7, 11) is 0. The second-order valence-corrected chi connectivity index (χ2v) is 3.21. The molecule has 0 atom stereocenters. The summed E-state index contributed by atoms with van der Waals surface area (Å²) in [4.78, 5) is 31.2. The van der Waals surface area contributed by atoms with Gasteiger partial charge in [-0.05, 0) is 5.56 Å². The van der Waals surface area contributed by atoms with Crippen molar-refractivity contribution in [2.75, 3.05) is 0 Å². The van der Waals surface area contributed by atoms with Crippen LogP contribution in [0, 0.1) is 10.1 Å². The van der Waals surface area contributed by atoms with E-state index in [0.29, 0.717) is 5.56 Å². The van der Waals surface area contributed by atoms with E-state index >= 15 is 0 Å². The van der Waals surface area contributed by atoms with Gasteiger partial charge in [0.1, 0.15) is 12.2 Å².